The van der Waals surface area contributed by atoms with Crippen molar-refractivity contribution < 1.29 is 18.0 Å². The van der Waals surface area contributed by atoms with Crippen molar-refractivity contribution in [3.8, 4) is 0 Å². The molecule has 1 amide bonds. The van der Waals surface area contributed by atoms with Crippen molar-refractivity contribution in [3.63, 3.8) is 0 Å². The van der Waals surface area contributed by atoms with E-state index in [2.05, 4.69) is 65.1 Å². The second kappa shape index (κ2) is 13.3. The molecule has 0 saturated carbocycles. The lowest BCUT2D eigenvalue weighted by molar-refractivity contribution is -0.137. The van der Waals surface area contributed by atoms with Crippen LogP contribution in [0.5, 0.6) is 0 Å². The summed E-state index contributed by atoms with van der Waals surface area (Å²) in [6.45, 7) is 11.3. The van der Waals surface area contributed by atoms with E-state index in [4.69, 9.17) is 0 Å². The Morgan fingerprint density at radius 2 is 1.65 bits per heavy atom. The van der Waals surface area contributed by atoms with E-state index >= 15 is 0 Å². The van der Waals surface area contributed by atoms with Crippen LogP contribution in [-0.4, -0.2) is 46.9 Å². The van der Waals surface area contributed by atoms with Gasteiger partial charge in [-0.15, -0.1) is 11.3 Å². The second-order valence-corrected chi connectivity index (χ2v) is 12.5. The Hall–Kier alpha value is -2.75. The van der Waals surface area contributed by atoms with Crippen molar-refractivity contribution in [3.05, 3.63) is 86.9 Å². The summed E-state index contributed by atoms with van der Waals surface area (Å²) in [6.07, 6.45) is -0.699. The molecule has 0 radical (unpaired) electrons. The number of carbonyl (C=O) groups excluding carboxylic acids is 1. The first kappa shape index (κ1) is 30.2. The van der Waals surface area contributed by atoms with Crippen LogP contribution >= 0.6 is 11.3 Å². The van der Waals surface area contributed by atoms with E-state index in [1.165, 1.54) is 48.3 Å². The first-order valence-corrected chi connectivity index (χ1v) is 14.8. The zero-order chi connectivity index (χ0) is 28.8. The van der Waals surface area contributed by atoms with Gasteiger partial charge in [0.25, 0.3) is 5.91 Å². The van der Waals surface area contributed by atoms with Crippen LogP contribution in [0.25, 0.3) is 0 Å². The van der Waals surface area contributed by atoms with E-state index in [0.717, 1.165) is 36.3 Å². The summed E-state index contributed by atoms with van der Waals surface area (Å²) >= 11 is 1.40. The summed E-state index contributed by atoms with van der Waals surface area (Å²) in [5, 5.41) is 5.48. The number of aromatic nitrogens is 1. The molecule has 40 heavy (non-hydrogen) atoms. The molecule has 0 atom stereocenters. The predicted octanol–water partition coefficient (Wildman–Crippen LogP) is 6.88. The molecule has 0 bridgehead atoms. The number of alkyl halides is 3. The predicted molar refractivity (Wildman–Crippen MR) is 154 cm³/mol. The van der Waals surface area contributed by atoms with Gasteiger partial charge in [-0.05, 0) is 54.1 Å². The van der Waals surface area contributed by atoms with Gasteiger partial charge in [0.1, 0.15) is 10.7 Å². The van der Waals surface area contributed by atoms with Crippen molar-refractivity contribution in [2.45, 2.75) is 71.3 Å². The standard InChI is InChI=1S/C31H39F3N4OS/c1-30(2,3)25-12-10-23(11-13-25)19-38(20-24-8-7-9-26(18-24)31(32,33)34)21-28-36-27(22-40-28)29(39)35-14-17-37-15-5-4-6-16-37/h7-13,18,22H,4-6,14-17,19-21H2,1-3H3,(H,35,39). The van der Waals surface area contributed by atoms with Gasteiger partial charge in [0.15, 0.2) is 0 Å². The molecule has 1 saturated heterocycles. The fraction of sp³-hybridized carbons (Fsp3) is 0.484. The molecule has 0 spiro atoms. The maximum absolute atomic E-state index is 13.3. The normalized spacial score (nSPS) is 15.0. The van der Waals surface area contributed by atoms with Crippen LogP contribution in [0.3, 0.4) is 0 Å². The van der Waals surface area contributed by atoms with Crippen molar-refractivity contribution in [2.24, 2.45) is 0 Å². The molecule has 2 heterocycles. The maximum atomic E-state index is 13.3. The van der Waals surface area contributed by atoms with E-state index in [9.17, 15) is 18.0 Å². The van der Waals surface area contributed by atoms with Gasteiger partial charge in [-0.1, -0.05) is 69.7 Å². The average Bonchev–Trinajstić information content (AvgIpc) is 3.37. The van der Waals surface area contributed by atoms with Crippen molar-refractivity contribution in [1.82, 2.24) is 20.1 Å². The molecule has 1 aromatic heterocycles. The highest BCUT2D eigenvalue weighted by atomic mass is 32.1. The summed E-state index contributed by atoms with van der Waals surface area (Å²) in [7, 11) is 0. The van der Waals surface area contributed by atoms with Gasteiger partial charge in [-0.2, -0.15) is 13.2 Å². The van der Waals surface area contributed by atoms with Crippen molar-refractivity contribution in [1.29, 1.82) is 0 Å². The van der Waals surface area contributed by atoms with Crippen LogP contribution in [0.15, 0.2) is 53.9 Å². The number of amides is 1. The van der Waals surface area contributed by atoms with Gasteiger partial charge < -0.3 is 10.2 Å². The second-order valence-electron chi connectivity index (χ2n) is 11.6. The molecule has 1 aliphatic heterocycles. The molecule has 1 aliphatic rings. The molecule has 0 unspecified atom stereocenters. The Kier molecular flexibility index (Phi) is 10.0. The molecule has 4 rings (SSSR count). The third kappa shape index (κ3) is 8.88. The molecular formula is C31H39F3N4OS. The van der Waals surface area contributed by atoms with E-state index < -0.39 is 11.7 Å². The lowest BCUT2D eigenvalue weighted by Crippen LogP contribution is -2.37. The molecule has 1 fully saturated rings. The highest BCUT2D eigenvalue weighted by Gasteiger charge is 2.30. The molecule has 2 aromatic carbocycles. The lowest BCUT2D eigenvalue weighted by atomic mass is 9.87. The number of piperidine rings is 1. The van der Waals surface area contributed by atoms with Crippen molar-refractivity contribution in [2.75, 3.05) is 26.2 Å². The first-order valence-electron chi connectivity index (χ1n) is 13.9. The zero-order valence-electron chi connectivity index (χ0n) is 23.6. The van der Waals surface area contributed by atoms with Crippen LogP contribution in [0.4, 0.5) is 13.2 Å². The largest absolute Gasteiger partial charge is 0.416 e. The smallest absolute Gasteiger partial charge is 0.349 e. The molecular weight excluding hydrogens is 533 g/mol. The molecule has 9 heteroatoms. The number of halogens is 3. The van der Waals surface area contributed by atoms with Crippen LogP contribution in [0, 0.1) is 0 Å². The van der Waals surface area contributed by atoms with Crippen LogP contribution in [0.1, 0.15) is 77.8 Å². The zero-order valence-corrected chi connectivity index (χ0v) is 24.4. The fourth-order valence-electron chi connectivity index (χ4n) is 4.92. The molecule has 3 aromatic rings. The topological polar surface area (TPSA) is 48.5 Å². The minimum Gasteiger partial charge on any atom is -0.349 e. The minimum atomic E-state index is -4.39. The summed E-state index contributed by atoms with van der Waals surface area (Å²) in [6, 6.07) is 13.8. The fourth-order valence-corrected chi connectivity index (χ4v) is 5.74. The van der Waals surface area contributed by atoms with Crippen LogP contribution < -0.4 is 5.32 Å². The molecule has 1 N–H and O–H groups in total. The van der Waals surface area contributed by atoms with E-state index in [0.29, 0.717) is 37.4 Å². The number of nitrogens with one attached hydrogen (secondary N) is 1. The number of carbonyl (C=O) groups is 1. The minimum absolute atomic E-state index is 0.0297. The summed E-state index contributed by atoms with van der Waals surface area (Å²) in [5.74, 6) is -0.193. The highest BCUT2D eigenvalue weighted by molar-refractivity contribution is 7.09. The highest BCUT2D eigenvalue weighted by Crippen LogP contribution is 2.30. The van der Waals surface area contributed by atoms with Crippen LogP contribution in [-0.2, 0) is 31.2 Å². The number of rotatable bonds is 10. The van der Waals surface area contributed by atoms with Crippen LogP contribution in [0.2, 0.25) is 0 Å². The van der Waals surface area contributed by atoms with E-state index in [1.54, 1.807) is 11.4 Å². The number of benzene rings is 2. The number of likely N-dealkylation sites (tertiary alicyclic amines) is 1. The number of hydrogen-bond donors (Lipinski definition) is 1. The van der Waals surface area contributed by atoms with Crippen molar-refractivity contribution >= 4 is 17.2 Å². The molecule has 5 nitrogen and oxygen atoms in total. The van der Waals surface area contributed by atoms with Gasteiger partial charge in [-0.25, -0.2) is 4.98 Å². The Labute approximate surface area is 239 Å². The van der Waals surface area contributed by atoms with E-state index in [1.807, 2.05) is 0 Å². The monoisotopic (exact) mass is 572 g/mol. The maximum Gasteiger partial charge on any atom is 0.416 e. The SMILES string of the molecule is CC(C)(C)c1ccc(CN(Cc2cccc(C(F)(F)F)c2)Cc2nc(C(=O)NCCN3CCCCC3)cs2)cc1. The third-order valence-corrected chi connectivity index (χ3v) is 8.03. The Balaban J connectivity index is 1.44. The van der Waals surface area contributed by atoms with Gasteiger partial charge >= 0.3 is 6.18 Å². The third-order valence-electron chi connectivity index (χ3n) is 7.19. The lowest BCUT2D eigenvalue weighted by Gasteiger charge is -2.26. The number of nitrogens with zero attached hydrogens (tertiary/aromatic N) is 3. The summed E-state index contributed by atoms with van der Waals surface area (Å²) in [4.78, 5) is 21.7. The number of thiazole rings is 1. The van der Waals surface area contributed by atoms with Gasteiger partial charge in [0, 0.05) is 31.6 Å². The summed E-state index contributed by atoms with van der Waals surface area (Å²) in [5.41, 5.74) is 2.61. The average molecular weight is 573 g/mol. The van der Waals surface area contributed by atoms with Gasteiger partial charge in [-0.3, -0.25) is 9.69 Å². The van der Waals surface area contributed by atoms with E-state index in [-0.39, 0.29) is 11.3 Å². The quantitative estimate of drug-likeness (QED) is 0.288. The summed E-state index contributed by atoms with van der Waals surface area (Å²) < 4.78 is 40.0. The van der Waals surface area contributed by atoms with Gasteiger partial charge in [0.2, 0.25) is 0 Å². The Bertz CT molecular complexity index is 1240. The van der Waals surface area contributed by atoms with Gasteiger partial charge in [0.05, 0.1) is 12.1 Å². The molecule has 0 aliphatic carbocycles. The number of hydrogen-bond acceptors (Lipinski definition) is 5. The Morgan fingerprint density at radius 1 is 0.950 bits per heavy atom. The first-order chi connectivity index (χ1) is 19.0. The molecule has 216 valence electrons. The Morgan fingerprint density at radius 3 is 2.33 bits per heavy atom.